The molecule has 0 aliphatic carbocycles. The normalized spacial score (nSPS) is 12.6. The number of carboxylic acid groups (broad SMARTS) is 1. The number of nitrogens with zero attached hydrogens (tertiary/aromatic N) is 2. The molecule has 0 fully saturated rings. The highest BCUT2D eigenvalue weighted by Gasteiger charge is 2.15. The van der Waals surface area contributed by atoms with Crippen molar-refractivity contribution < 1.29 is 18.5 Å². The van der Waals surface area contributed by atoms with Crippen molar-refractivity contribution in [2.75, 3.05) is 0 Å². The Morgan fingerprint density at radius 2 is 2.14 bits per heavy atom. The summed E-state index contributed by atoms with van der Waals surface area (Å²) in [4.78, 5) is 11.1. The molecule has 0 aliphatic rings. The number of benzene rings is 1. The first-order chi connectivity index (χ1) is 9.88. The highest BCUT2D eigenvalue weighted by atomic mass is 32.2. The number of aromatic carboxylic acids is 1. The Bertz CT molecular complexity index is 697. The van der Waals surface area contributed by atoms with E-state index in [0.717, 1.165) is 12.1 Å². The van der Waals surface area contributed by atoms with E-state index in [1.807, 2.05) is 13.8 Å². The summed E-state index contributed by atoms with van der Waals surface area (Å²) >= 11 is 0. The number of carboxylic acids is 1. The van der Waals surface area contributed by atoms with Crippen molar-refractivity contribution in [1.82, 2.24) is 9.78 Å². The van der Waals surface area contributed by atoms with Crippen molar-refractivity contribution in [2.45, 2.75) is 30.5 Å². The third kappa shape index (κ3) is 3.55. The SMILES string of the molecule is CC(C)n1ccc(CS(=O)c2ccc(F)c(C(=O)O)c2)n1. The van der Waals surface area contributed by atoms with Gasteiger partial charge in [-0.25, -0.2) is 9.18 Å². The van der Waals surface area contributed by atoms with Crippen LogP contribution >= 0.6 is 0 Å². The molecule has 112 valence electrons. The number of halogens is 1. The Labute approximate surface area is 123 Å². The van der Waals surface area contributed by atoms with Gasteiger partial charge in [0.05, 0.1) is 27.8 Å². The second-order valence-corrected chi connectivity index (χ2v) is 6.27. The molecule has 1 unspecified atom stereocenters. The van der Waals surface area contributed by atoms with Crippen molar-refractivity contribution in [1.29, 1.82) is 0 Å². The van der Waals surface area contributed by atoms with Gasteiger partial charge >= 0.3 is 5.97 Å². The van der Waals surface area contributed by atoms with Crippen LogP contribution in [0.2, 0.25) is 0 Å². The van der Waals surface area contributed by atoms with Crippen LogP contribution in [0, 0.1) is 5.82 Å². The van der Waals surface area contributed by atoms with Gasteiger partial charge in [-0.15, -0.1) is 0 Å². The minimum atomic E-state index is -1.48. The minimum absolute atomic E-state index is 0.157. The fourth-order valence-corrected chi connectivity index (χ4v) is 2.83. The molecule has 0 saturated carbocycles. The molecule has 1 N–H and O–H groups in total. The third-order valence-electron chi connectivity index (χ3n) is 2.90. The van der Waals surface area contributed by atoms with E-state index < -0.39 is 28.1 Å². The summed E-state index contributed by atoms with van der Waals surface area (Å²) in [6.07, 6.45) is 1.80. The fourth-order valence-electron chi connectivity index (χ4n) is 1.77. The lowest BCUT2D eigenvalue weighted by atomic mass is 10.2. The standard InChI is InChI=1S/C14H15FN2O3S/c1-9(2)17-6-5-10(16-17)8-21(20)11-3-4-13(15)12(7-11)14(18)19/h3-7,9H,8H2,1-2H3,(H,18,19). The number of rotatable bonds is 5. The molecule has 0 amide bonds. The first-order valence-corrected chi connectivity index (χ1v) is 7.65. The van der Waals surface area contributed by atoms with Crippen LogP contribution in [0.5, 0.6) is 0 Å². The van der Waals surface area contributed by atoms with Crippen LogP contribution in [0.25, 0.3) is 0 Å². The van der Waals surface area contributed by atoms with Crippen LogP contribution in [0.4, 0.5) is 4.39 Å². The van der Waals surface area contributed by atoms with Crippen molar-refractivity contribution in [2.24, 2.45) is 0 Å². The van der Waals surface area contributed by atoms with Gasteiger partial charge in [0.2, 0.25) is 0 Å². The largest absolute Gasteiger partial charge is 0.478 e. The zero-order chi connectivity index (χ0) is 15.6. The molecular weight excluding hydrogens is 295 g/mol. The van der Waals surface area contributed by atoms with Gasteiger partial charge < -0.3 is 5.11 Å². The maximum atomic E-state index is 13.3. The molecule has 0 aliphatic heterocycles. The molecule has 21 heavy (non-hydrogen) atoms. The van der Waals surface area contributed by atoms with E-state index in [1.54, 1.807) is 16.9 Å². The van der Waals surface area contributed by atoms with E-state index in [-0.39, 0.29) is 16.7 Å². The summed E-state index contributed by atoms with van der Waals surface area (Å²) in [7, 11) is -1.48. The van der Waals surface area contributed by atoms with Gasteiger partial charge in [-0.1, -0.05) is 0 Å². The highest BCUT2D eigenvalue weighted by Crippen LogP contribution is 2.17. The van der Waals surface area contributed by atoms with Gasteiger partial charge in [-0.2, -0.15) is 5.10 Å². The molecule has 0 saturated heterocycles. The molecule has 0 bridgehead atoms. The predicted octanol–water partition coefficient (Wildman–Crippen LogP) is 2.61. The Hall–Kier alpha value is -2.02. The summed E-state index contributed by atoms with van der Waals surface area (Å²) in [6.45, 7) is 3.96. The summed E-state index contributed by atoms with van der Waals surface area (Å²) in [5.74, 6) is -2.06. The predicted molar refractivity (Wildman–Crippen MR) is 76.1 cm³/mol. The zero-order valence-corrected chi connectivity index (χ0v) is 12.4. The molecule has 2 aromatic rings. The molecule has 2 rings (SSSR count). The van der Waals surface area contributed by atoms with Gasteiger partial charge in [0.15, 0.2) is 0 Å². The summed E-state index contributed by atoms with van der Waals surface area (Å²) in [5, 5.41) is 13.2. The van der Waals surface area contributed by atoms with Gasteiger partial charge in [-0.3, -0.25) is 8.89 Å². The van der Waals surface area contributed by atoms with Crippen LogP contribution in [-0.2, 0) is 16.6 Å². The molecule has 5 nitrogen and oxygen atoms in total. The molecule has 1 aromatic carbocycles. The molecule has 1 heterocycles. The molecular formula is C14H15FN2O3S. The average molecular weight is 310 g/mol. The Morgan fingerprint density at radius 1 is 1.43 bits per heavy atom. The molecule has 1 aromatic heterocycles. The zero-order valence-electron chi connectivity index (χ0n) is 11.6. The van der Waals surface area contributed by atoms with Crippen LogP contribution in [-0.4, -0.2) is 25.1 Å². The van der Waals surface area contributed by atoms with Crippen LogP contribution in [0.15, 0.2) is 35.4 Å². The second-order valence-electron chi connectivity index (χ2n) is 4.82. The lowest BCUT2D eigenvalue weighted by Gasteiger charge is -2.05. The topological polar surface area (TPSA) is 72.2 Å². The summed E-state index contributed by atoms with van der Waals surface area (Å²) < 4.78 is 27.3. The van der Waals surface area contributed by atoms with Crippen molar-refractivity contribution in [3.05, 3.63) is 47.5 Å². The van der Waals surface area contributed by atoms with Crippen molar-refractivity contribution in [3.63, 3.8) is 0 Å². The monoisotopic (exact) mass is 310 g/mol. The average Bonchev–Trinajstić information content (AvgIpc) is 2.87. The van der Waals surface area contributed by atoms with Gasteiger partial charge in [0, 0.05) is 17.1 Å². The second kappa shape index (κ2) is 6.17. The number of carbonyl (C=O) groups is 1. The van der Waals surface area contributed by atoms with Crippen LogP contribution in [0.1, 0.15) is 35.9 Å². The van der Waals surface area contributed by atoms with E-state index >= 15 is 0 Å². The van der Waals surface area contributed by atoms with E-state index in [2.05, 4.69) is 5.10 Å². The molecule has 7 heteroatoms. The van der Waals surface area contributed by atoms with Gasteiger partial charge in [0.25, 0.3) is 0 Å². The summed E-state index contributed by atoms with van der Waals surface area (Å²) in [5.41, 5.74) is 0.164. The Kier molecular flexibility index (Phi) is 4.52. The Morgan fingerprint density at radius 3 is 2.71 bits per heavy atom. The molecule has 1 atom stereocenters. The van der Waals surface area contributed by atoms with E-state index in [4.69, 9.17) is 5.11 Å². The Balaban J connectivity index is 2.20. The van der Waals surface area contributed by atoms with Gasteiger partial charge in [-0.05, 0) is 38.1 Å². The van der Waals surface area contributed by atoms with Crippen molar-refractivity contribution in [3.8, 4) is 0 Å². The number of hydrogen-bond donors (Lipinski definition) is 1. The van der Waals surface area contributed by atoms with Crippen LogP contribution in [0.3, 0.4) is 0 Å². The van der Waals surface area contributed by atoms with Gasteiger partial charge in [0.1, 0.15) is 5.82 Å². The molecule has 0 radical (unpaired) electrons. The number of hydrogen-bond acceptors (Lipinski definition) is 3. The minimum Gasteiger partial charge on any atom is -0.478 e. The first kappa shape index (κ1) is 15.4. The maximum Gasteiger partial charge on any atom is 0.338 e. The van der Waals surface area contributed by atoms with E-state index in [1.165, 1.54) is 6.07 Å². The fraction of sp³-hybridized carbons (Fsp3) is 0.286. The number of aromatic nitrogens is 2. The molecule has 0 spiro atoms. The van der Waals surface area contributed by atoms with E-state index in [9.17, 15) is 13.4 Å². The van der Waals surface area contributed by atoms with Crippen molar-refractivity contribution >= 4 is 16.8 Å². The quantitative estimate of drug-likeness (QED) is 0.921. The van der Waals surface area contributed by atoms with Crippen LogP contribution < -0.4 is 0 Å². The first-order valence-electron chi connectivity index (χ1n) is 6.33. The highest BCUT2D eigenvalue weighted by molar-refractivity contribution is 7.84. The van der Waals surface area contributed by atoms with E-state index in [0.29, 0.717) is 5.69 Å². The summed E-state index contributed by atoms with van der Waals surface area (Å²) in [6, 6.07) is 5.42. The smallest absolute Gasteiger partial charge is 0.338 e. The third-order valence-corrected chi connectivity index (χ3v) is 4.24. The maximum absolute atomic E-state index is 13.3. The lowest BCUT2D eigenvalue weighted by molar-refractivity contribution is 0.0691. The lowest BCUT2D eigenvalue weighted by Crippen LogP contribution is -2.05.